The van der Waals surface area contributed by atoms with E-state index >= 15 is 0 Å². The Morgan fingerprint density at radius 2 is 1.19 bits per heavy atom. The molecule has 0 atom stereocenters. The van der Waals surface area contributed by atoms with Gasteiger partial charge in [-0.1, -0.05) is 51.3 Å². The molecular formula is C23H32BrCl2KO6S3. The third kappa shape index (κ3) is 24.1. The third-order valence-corrected chi connectivity index (χ3v) is 8.97. The number of carbonyl (C=O) groups is 1. The molecule has 0 N–H and O–H groups in total. The topological polar surface area (TPSA) is 108 Å². The second kappa shape index (κ2) is 23.9. The average molecular weight is 691 g/mol. The van der Waals surface area contributed by atoms with Gasteiger partial charge in [-0.3, -0.25) is 0 Å². The van der Waals surface area contributed by atoms with Crippen LogP contribution >= 0.6 is 49.9 Å². The summed E-state index contributed by atoms with van der Waals surface area (Å²) < 4.78 is 54.6. The van der Waals surface area contributed by atoms with Crippen molar-refractivity contribution in [2.75, 3.05) is 22.8 Å². The fourth-order valence-electron chi connectivity index (χ4n) is 1.75. The van der Waals surface area contributed by atoms with Gasteiger partial charge in [0, 0.05) is 22.8 Å². The second-order valence-corrected chi connectivity index (χ2v) is 14.0. The van der Waals surface area contributed by atoms with Crippen LogP contribution in [-0.2, 0) is 23.8 Å². The molecule has 36 heavy (non-hydrogen) atoms. The molecule has 200 valence electrons. The summed E-state index contributed by atoms with van der Waals surface area (Å²) in [7, 11) is -6.51. The predicted octanol–water partition coefficient (Wildman–Crippen LogP) is 3.55. The molecule has 0 fully saturated rings. The Morgan fingerprint density at radius 1 is 0.833 bits per heavy atom. The zero-order valence-electron chi connectivity index (χ0n) is 21.2. The number of aryl methyl sites for hydroxylation is 2. The molecule has 13 heteroatoms. The molecule has 0 spiro atoms. The second-order valence-electron chi connectivity index (χ2n) is 7.04. The average Bonchev–Trinajstić information content (AvgIpc) is 2.75. The molecule has 0 aliphatic carbocycles. The molecule has 0 amide bonds. The summed E-state index contributed by atoms with van der Waals surface area (Å²) in [4.78, 5) is 9.63. The van der Waals surface area contributed by atoms with Gasteiger partial charge in [-0.15, -0.1) is 23.2 Å². The summed E-state index contributed by atoms with van der Waals surface area (Å²) in [5, 5.41) is 1.02. The molecule has 2 aromatic rings. The zero-order chi connectivity index (χ0) is 27.5. The van der Waals surface area contributed by atoms with Crippen LogP contribution in [0.5, 0.6) is 0 Å². The number of hydrogen-bond acceptors (Lipinski definition) is 7. The molecule has 2 rings (SSSR count). The molecule has 0 unspecified atom stereocenters. The smallest absolute Gasteiger partial charge is 0.744 e. The van der Waals surface area contributed by atoms with E-state index in [1.54, 1.807) is 36.4 Å². The Morgan fingerprint density at radius 3 is 1.47 bits per heavy atom. The summed E-state index contributed by atoms with van der Waals surface area (Å²) >= 11 is 14.0. The number of carbonyl (C=O) groups excluding carboxylic acids is 1. The van der Waals surface area contributed by atoms with Crippen molar-refractivity contribution in [2.45, 2.75) is 50.3 Å². The van der Waals surface area contributed by atoms with Crippen molar-refractivity contribution in [1.82, 2.24) is 0 Å². The van der Waals surface area contributed by atoms with Crippen LogP contribution in [0, 0.1) is 13.8 Å². The number of alkyl halides is 3. The maximum atomic E-state index is 11.7. The number of ketones is 1. The van der Waals surface area contributed by atoms with Gasteiger partial charge < -0.3 is 9.35 Å². The van der Waals surface area contributed by atoms with E-state index in [2.05, 4.69) is 15.9 Å². The van der Waals surface area contributed by atoms with Gasteiger partial charge in [0.15, 0.2) is 0 Å². The van der Waals surface area contributed by atoms with Crippen molar-refractivity contribution in [2.24, 2.45) is 0 Å². The van der Waals surface area contributed by atoms with Crippen molar-refractivity contribution in [3.63, 3.8) is 0 Å². The fraction of sp³-hybridized carbons (Fsp3) is 0.435. The molecule has 0 heterocycles. The Bertz CT molecular complexity index is 1040. The predicted molar refractivity (Wildman–Crippen MR) is 151 cm³/mol. The summed E-state index contributed by atoms with van der Waals surface area (Å²) in [6, 6.07) is 12.7. The first-order valence-corrected chi connectivity index (χ1v) is 16.9. The van der Waals surface area contributed by atoms with E-state index < -0.39 is 19.0 Å². The van der Waals surface area contributed by atoms with Gasteiger partial charge in [-0.25, -0.2) is 16.8 Å². The van der Waals surface area contributed by atoms with Crippen LogP contribution in [0.4, 0.5) is 0 Å². The van der Waals surface area contributed by atoms with Crippen LogP contribution in [-0.4, -0.2) is 50.0 Å². The van der Waals surface area contributed by atoms with Gasteiger partial charge in [0.1, 0.15) is 15.9 Å². The van der Waals surface area contributed by atoms with Crippen molar-refractivity contribution in [1.29, 1.82) is 0 Å². The van der Waals surface area contributed by atoms with Crippen LogP contribution in [0.1, 0.15) is 37.8 Å². The number of Topliss-reactive ketones (excluding diaryl/α,β-unsaturated/α-hetero) is 1. The molecule has 0 radical (unpaired) electrons. The zero-order valence-corrected chi connectivity index (χ0v) is 29.8. The summed E-state index contributed by atoms with van der Waals surface area (Å²) in [6.45, 7) is 6.80. The summed E-state index contributed by atoms with van der Waals surface area (Å²) in [5.74, 6) is 1.97. The fourth-order valence-corrected chi connectivity index (χ4v) is 6.09. The van der Waals surface area contributed by atoms with Crippen molar-refractivity contribution in [3.05, 3.63) is 59.7 Å². The first kappa shape index (κ1) is 41.5. The number of benzene rings is 2. The van der Waals surface area contributed by atoms with Crippen LogP contribution in [0.2, 0.25) is 0 Å². The third-order valence-electron chi connectivity index (χ3n) is 3.40. The molecule has 0 aliphatic heterocycles. The minimum Gasteiger partial charge on any atom is -0.744 e. The maximum absolute atomic E-state index is 11.7. The Hall–Kier alpha value is 1.02. The molecule has 6 nitrogen and oxygen atoms in total. The van der Waals surface area contributed by atoms with Gasteiger partial charge in [0.05, 0.1) is 9.79 Å². The van der Waals surface area contributed by atoms with E-state index in [0.29, 0.717) is 22.9 Å². The molecule has 2 aromatic carbocycles. The van der Waals surface area contributed by atoms with Crippen LogP contribution in [0.3, 0.4) is 0 Å². The molecule has 0 saturated heterocycles. The van der Waals surface area contributed by atoms with Crippen molar-refractivity contribution < 1.29 is 77.6 Å². The summed E-state index contributed by atoms with van der Waals surface area (Å²) in [5.41, 5.74) is 1.98. The van der Waals surface area contributed by atoms with E-state index in [0.717, 1.165) is 39.6 Å². The van der Waals surface area contributed by atoms with E-state index in [9.17, 15) is 26.2 Å². The minimum atomic E-state index is -4.27. The maximum Gasteiger partial charge on any atom is 1.00 e. The van der Waals surface area contributed by atoms with Gasteiger partial charge in [-0.05, 0) is 75.6 Å². The van der Waals surface area contributed by atoms with Crippen LogP contribution in [0.25, 0.3) is 0 Å². The van der Waals surface area contributed by atoms with Crippen molar-refractivity contribution >= 4 is 74.7 Å². The van der Waals surface area contributed by atoms with Gasteiger partial charge in [0.25, 0.3) is 0 Å². The number of rotatable bonds is 8. The van der Waals surface area contributed by atoms with E-state index in [1.165, 1.54) is 26.0 Å². The normalized spacial score (nSPS) is 10.2. The Labute approximate surface area is 281 Å². The van der Waals surface area contributed by atoms with E-state index in [1.807, 2.05) is 13.8 Å². The van der Waals surface area contributed by atoms with Gasteiger partial charge in [0.2, 0.25) is 8.87 Å². The first-order chi connectivity index (χ1) is 16.2. The van der Waals surface area contributed by atoms with E-state index in [-0.39, 0.29) is 62.1 Å². The monoisotopic (exact) mass is 688 g/mol. The van der Waals surface area contributed by atoms with Crippen LogP contribution in [0.15, 0.2) is 58.3 Å². The molecule has 0 saturated carbocycles. The Kier molecular flexibility index (Phi) is 27.5. The van der Waals surface area contributed by atoms with Gasteiger partial charge in [-0.2, -0.15) is 0 Å². The Balaban J connectivity index is -0.000000454. The molecule has 0 bridgehead atoms. The van der Waals surface area contributed by atoms with Crippen molar-refractivity contribution in [3.8, 4) is 0 Å². The summed E-state index contributed by atoms with van der Waals surface area (Å²) in [6.07, 6.45) is 1.78. The minimum absolute atomic E-state index is 0. The number of hydrogen-bond donors (Lipinski definition) is 0. The van der Waals surface area contributed by atoms with Crippen LogP contribution < -0.4 is 51.4 Å². The first-order valence-electron chi connectivity index (χ1n) is 10.3. The molecule has 0 aliphatic rings. The largest absolute Gasteiger partial charge is 1.00 e. The SMILES string of the molecule is CC(C)=O.Cc1ccc(S(=O)(=O)SCCCCl)cc1.Cc1ccc(S(=O)(=O)[O-])cc1.ClCCCBr.[K+]. The molecule has 0 aromatic heterocycles. The standard InChI is InChI=1S/C10H13ClO2S2.C7H8O3S.C3H6BrCl.C3H6O.K/c1-9-3-5-10(6-4-9)15(12,13)14-8-2-7-11;1-6-2-4-7(5-3-6)11(8,9)10;4-2-1-3-5;1-3(2)4;/h3-6H,2,7-8H2,1H3;2-5H,1H3,(H,8,9,10);1-3H2;1-2H3;/q;;;;+1/p-1. The van der Waals surface area contributed by atoms with E-state index in [4.69, 9.17) is 23.2 Å². The molecular weight excluding hydrogens is 658 g/mol. The quantitative estimate of drug-likeness (QED) is 0.137. The number of halogens is 3. The van der Waals surface area contributed by atoms with Gasteiger partial charge >= 0.3 is 51.4 Å².